The highest BCUT2D eigenvalue weighted by Crippen LogP contribution is 2.34. The molecule has 10 nitrogen and oxygen atoms in total. The minimum Gasteiger partial charge on any atom is -0.478 e. The Hall–Kier alpha value is -4.05. The Kier molecular flexibility index (Phi) is 6.92. The smallest absolute Gasteiger partial charge is 0.335 e. The third-order valence-electron chi connectivity index (χ3n) is 6.16. The number of nitrogens with one attached hydrogen (secondary N) is 1. The largest absolute Gasteiger partial charge is 0.478 e. The zero-order valence-corrected chi connectivity index (χ0v) is 20.0. The lowest BCUT2D eigenvalue weighted by molar-refractivity contribution is 0.0697. The van der Waals surface area contributed by atoms with E-state index in [-0.39, 0.29) is 17.2 Å². The van der Waals surface area contributed by atoms with Crippen molar-refractivity contribution < 1.29 is 14.7 Å². The summed E-state index contributed by atoms with van der Waals surface area (Å²) in [6.07, 6.45) is 2.67. The van der Waals surface area contributed by atoms with Gasteiger partial charge >= 0.3 is 5.97 Å². The van der Waals surface area contributed by atoms with E-state index in [9.17, 15) is 14.7 Å². The van der Waals surface area contributed by atoms with Gasteiger partial charge in [0, 0.05) is 24.2 Å². The van der Waals surface area contributed by atoms with E-state index in [1.807, 2.05) is 41.3 Å². The monoisotopic (exact) mass is 475 g/mol. The number of para-hydroxylation sites is 1. The predicted octanol–water partition coefficient (Wildman–Crippen LogP) is 3.78. The molecular formula is C25H29N7O3. The van der Waals surface area contributed by atoms with E-state index in [1.54, 1.807) is 12.1 Å². The molecule has 0 aliphatic heterocycles. The molecule has 0 aliphatic rings. The number of hydrogen-bond donors (Lipinski definition) is 3. The number of nitrogens with zero attached hydrogens (tertiary/aromatic N) is 5. The number of benzene rings is 2. The number of rotatable bonds is 9. The molecule has 0 spiro atoms. The van der Waals surface area contributed by atoms with E-state index in [0.717, 1.165) is 36.2 Å². The number of fused-ring (bicyclic) bond motifs is 1. The molecule has 182 valence electrons. The van der Waals surface area contributed by atoms with Crippen LogP contribution in [0.3, 0.4) is 0 Å². The predicted molar refractivity (Wildman–Crippen MR) is 133 cm³/mol. The standard InChI is InChI=1S/C25H29N7O3/c1-15(8-4-5-13-26)32-21-19(22-30-29-16(2)31(22)3)11-7-12-20(21)27-25(32)28-23(33)17-9-6-10-18(14-17)24(34)35/h6-7,9-12,14-15H,4-5,8,13,26H2,1-3H3,(H,34,35)(H,27,28,33)/t15-/m1/s1. The Morgan fingerprint density at radius 2 is 1.86 bits per heavy atom. The second-order valence-corrected chi connectivity index (χ2v) is 8.58. The minimum absolute atomic E-state index is 0.00248. The molecular weight excluding hydrogens is 446 g/mol. The third kappa shape index (κ3) is 4.78. The van der Waals surface area contributed by atoms with Crippen molar-refractivity contribution in [3.05, 3.63) is 59.4 Å². The zero-order chi connectivity index (χ0) is 25.1. The average Bonchev–Trinajstić information content (AvgIpc) is 3.38. The highest BCUT2D eigenvalue weighted by molar-refractivity contribution is 6.06. The van der Waals surface area contributed by atoms with E-state index >= 15 is 0 Å². The fraction of sp³-hybridized carbons (Fsp3) is 0.320. The summed E-state index contributed by atoms with van der Waals surface area (Å²) in [4.78, 5) is 29.2. The second-order valence-electron chi connectivity index (χ2n) is 8.58. The molecule has 2 heterocycles. The number of hydrogen-bond acceptors (Lipinski definition) is 6. The lowest BCUT2D eigenvalue weighted by Crippen LogP contribution is -2.18. The van der Waals surface area contributed by atoms with Gasteiger partial charge in [0.05, 0.1) is 16.6 Å². The van der Waals surface area contributed by atoms with Crippen LogP contribution in [-0.2, 0) is 7.05 Å². The van der Waals surface area contributed by atoms with E-state index in [1.165, 1.54) is 12.1 Å². The van der Waals surface area contributed by atoms with Crippen molar-refractivity contribution in [2.24, 2.45) is 12.8 Å². The fourth-order valence-corrected chi connectivity index (χ4v) is 4.17. The van der Waals surface area contributed by atoms with Crippen molar-refractivity contribution in [2.45, 2.75) is 39.2 Å². The van der Waals surface area contributed by atoms with Crippen molar-refractivity contribution in [1.82, 2.24) is 24.3 Å². The SMILES string of the molecule is Cc1nnc(-c2cccc3nc(NC(=O)c4cccc(C(=O)O)c4)n([C@H](C)CCCCN)c23)n1C. The molecule has 0 saturated heterocycles. The summed E-state index contributed by atoms with van der Waals surface area (Å²) in [6, 6.07) is 11.7. The highest BCUT2D eigenvalue weighted by Gasteiger charge is 2.23. The van der Waals surface area contributed by atoms with Crippen LogP contribution >= 0.6 is 0 Å². The summed E-state index contributed by atoms with van der Waals surface area (Å²) in [7, 11) is 1.91. The van der Waals surface area contributed by atoms with Gasteiger partial charge in [-0.2, -0.15) is 0 Å². The van der Waals surface area contributed by atoms with Gasteiger partial charge in [0.25, 0.3) is 5.91 Å². The summed E-state index contributed by atoms with van der Waals surface area (Å²) in [5.41, 5.74) is 8.40. The number of aromatic nitrogens is 5. The molecule has 4 aromatic rings. The van der Waals surface area contributed by atoms with Crippen LogP contribution in [0.4, 0.5) is 5.95 Å². The molecule has 0 fully saturated rings. The zero-order valence-electron chi connectivity index (χ0n) is 20.0. The number of amides is 1. The Morgan fingerprint density at radius 3 is 2.54 bits per heavy atom. The number of anilines is 1. The molecule has 2 aromatic carbocycles. The van der Waals surface area contributed by atoms with E-state index in [0.29, 0.717) is 23.8 Å². The van der Waals surface area contributed by atoms with Gasteiger partial charge in [-0.1, -0.05) is 18.6 Å². The summed E-state index contributed by atoms with van der Waals surface area (Å²) in [6.45, 7) is 4.59. The normalized spacial score (nSPS) is 12.1. The van der Waals surface area contributed by atoms with Crippen molar-refractivity contribution in [2.75, 3.05) is 11.9 Å². The van der Waals surface area contributed by atoms with Gasteiger partial charge in [0.2, 0.25) is 5.95 Å². The molecule has 4 N–H and O–H groups in total. The lowest BCUT2D eigenvalue weighted by Gasteiger charge is -2.19. The molecule has 0 unspecified atom stereocenters. The summed E-state index contributed by atoms with van der Waals surface area (Å²) in [5.74, 6) is 0.345. The molecule has 1 amide bonds. The number of aromatic carboxylic acids is 1. The maximum atomic E-state index is 13.1. The van der Waals surface area contributed by atoms with Gasteiger partial charge in [-0.15, -0.1) is 10.2 Å². The number of aryl methyl sites for hydroxylation is 1. The van der Waals surface area contributed by atoms with Gasteiger partial charge in [-0.05, 0) is 63.6 Å². The molecule has 0 saturated carbocycles. The van der Waals surface area contributed by atoms with Crippen molar-refractivity contribution in [1.29, 1.82) is 0 Å². The van der Waals surface area contributed by atoms with Crippen LogP contribution in [0.2, 0.25) is 0 Å². The first-order valence-corrected chi connectivity index (χ1v) is 11.5. The van der Waals surface area contributed by atoms with Gasteiger partial charge in [0.1, 0.15) is 5.82 Å². The molecule has 35 heavy (non-hydrogen) atoms. The Bertz CT molecular complexity index is 1390. The first-order chi connectivity index (χ1) is 16.8. The topological polar surface area (TPSA) is 141 Å². The first kappa shape index (κ1) is 24.1. The number of unbranched alkanes of at least 4 members (excludes halogenated alkanes) is 1. The Labute approximate surface area is 202 Å². The first-order valence-electron chi connectivity index (χ1n) is 11.5. The quantitative estimate of drug-likeness (QED) is 0.313. The van der Waals surface area contributed by atoms with Crippen LogP contribution < -0.4 is 11.1 Å². The second kappa shape index (κ2) is 10.1. The minimum atomic E-state index is -1.09. The van der Waals surface area contributed by atoms with Crippen LogP contribution in [-0.4, -0.2) is 47.8 Å². The van der Waals surface area contributed by atoms with Crippen molar-refractivity contribution >= 4 is 28.9 Å². The van der Waals surface area contributed by atoms with Crippen LogP contribution in [0.5, 0.6) is 0 Å². The molecule has 0 bridgehead atoms. The molecule has 4 rings (SSSR count). The average molecular weight is 476 g/mol. The molecule has 0 radical (unpaired) electrons. The third-order valence-corrected chi connectivity index (χ3v) is 6.16. The van der Waals surface area contributed by atoms with Crippen molar-refractivity contribution in [3.8, 4) is 11.4 Å². The maximum absolute atomic E-state index is 13.1. The van der Waals surface area contributed by atoms with E-state index < -0.39 is 11.9 Å². The summed E-state index contributed by atoms with van der Waals surface area (Å²) >= 11 is 0. The van der Waals surface area contributed by atoms with Crippen LogP contribution in [0.15, 0.2) is 42.5 Å². The molecule has 1 atom stereocenters. The van der Waals surface area contributed by atoms with Crippen molar-refractivity contribution in [3.63, 3.8) is 0 Å². The number of nitrogens with two attached hydrogens (primary N) is 1. The molecule has 0 aliphatic carbocycles. The highest BCUT2D eigenvalue weighted by atomic mass is 16.4. The van der Waals surface area contributed by atoms with Gasteiger partial charge < -0.3 is 20.0 Å². The van der Waals surface area contributed by atoms with Gasteiger partial charge in [0.15, 0.2) is 5.82 Å². The molecule has 2 aromatic heterocycles. The van der Waals surface area contributed by atoms with Crippen LogP contribution in [0, 0.1) is 6.92 Å². The number of carboxylic acid groups (broad SMARTS) is 1. The van der Waals surface area contributed by atoms with Crippen LogP contribution in [0.25, 0.3) is 22.4 Å². The summed E-state index contributed by atoms with van der Waals surface area (Å²) in [5, 5.41) is 20.8. The number of carbonyl (C=O) groups is 2. The van der Waals surface area contributed by atoms with Gasteiger partial charge in [-0.25, -0.2) is 9.78 Å². The maximum Gasteiger partial charge on any atom is 0.335 e. The van der Waals surface area contributed by atoms with E-state index in [2.05, 4.69) is 22.4 Å². The molecule has 10 heteroatoms. The lowest BCUT2D eigenvalue weighted by atomic mass is 10.1. The Balaban J connectivity index is 1.82. The number of carbonyl (C=O) groups excluding carboxylic acids is 1. The summed E-state index contributed by atoms with van der Waals surface area (Å²) < 4.78 is 3.94. The van der Waals surface area contributed by atoms with E-state index in [4.69, 9.17) is 10.7 Å². The Morgan fingerprint density at radius 1 is 1.11 bits per heavy atom. The van der Waals surface area contributed by atoms with Gasteiger partial charge in [-0.3, -0.25) is 10.1 Å². The van der Waals surface area contributed by atoms with Crippen LogP contribution in [0.1, 0.15) is 58.8 Å². The number of carboxylic acids is 1. The fourth-order valence-electron chi connectivity index (χ4n) is 4.17. The number of imidazole rings is 1.